The molecular weight excluding hydrogens is 220 g/mol. The number of rotatable bonds is 4. The van der Waals surface area contributed by atoms with Gasteiger partial charge in [-0.3, -0.25) is 0 Å². The molecule has 1 heteroatoms. The minimum atomic E-state index is -0.110. The van der Waals surface area contributed by atoms with Crippen LogP contribution in [0, 0.1) is 11.3 Å². The highest BCUT2D eigenvalue weighted by molar-refractivity contribution is 5.14. The molecule has 1 saturated carbocycles. The molecule has 2 rings (SSSR count). The summed E-state index contributed by atoms with van der Waals surface area (Å²) in [6.45, 7) is 4.69. The van der Waals surface area contributed by atoms with E-state index in [2.05, 4.69) is 38.1 Å². The van der Waals surface area contributed by atoms with E-state index in [4.69, 9.17) is 0 Å². The maximum absolute atomic E-state index is 10.3. The number of aliphatic hydroxyl groups is 1. The van der Waals surface area contributed by atoms with Crippen LogP contribution in [0.1, 0.15) is 51.5 Å². The largest absolute Gasteiger partial charge is 0.393 e. The summed E-state index contributed by atoms with van der Waals surface area (Å²) in [6, 6.07) is 10.5. The van der Waals surface area contributed by atoms with E-state index in [0.29, 0.717) is 11.3 Å². The highest BCUT2D eigenvalue weighted by Crippen LogP contribution is 2.39. The SMILES string of the molecule is CC1(C)CCC(C(O)CCc2ccccc2)CC1. The van der Waals surface area contributed by atoms with Crippen molar-refractivity contribution in [2.75, 3.05) is 0 Å². The Hall–Kier alpha value is -0.820. The molecule has 1 aliphatic rings. The van der Waals surface area contributed by atoms with Crippen LogP contribution >= 0.6 is 0 Å². The third-order valence-corrected chi connectivity index (χ3v) is 4.50. The third-order valence-electron chi connectivity index (χ3n) is 4.50. The van der Waals surface area contributed by atoms with Crippen LogP contribution in [0.5, 0.6) is 0 Å². The molecule has 0 aliphatic heterocycles. The summed E-state index contributed by atoms with van der Waals surface area (Å²) in [7, 11) is 0. The van der Waals surface area contributed by atoms with Crippen molar-refractivity contribution in [1.29, 1.82) is 0 Å². The van der Waals surface area contributed by atoms with E-state index in [9.17, 15) is 5.11 Å². The molecule has 1 unspecified atom stereocenters. The molecule has 1 nitrogen and oxygen atoms in total. The number of aliphatic hydroxyl groups excluding tert-OH is 1. The molecule has 1 atom stereocenters. The summed E-state index contributed by atoms with van der Waals surface area (Å²) >= 11 is 0. The molecule has 18 heavy (non-hydrogen) atoms. The van der Waals surface area contributed by atoms with Gasteiger partial charge in [0.05, 0.1) is 6.10 Å². The van der Waals surface area contributed by atoms with Gasteiger partial charge in [-0.2, -0.15) is 0 Å². The topological polar surface area (TPSA) is 20.2 Å². The van der Waals surface area contributed by atoms with Crippen LogP contribution in [0.25, 0.3) is 0 Å². The Morgan fingerprint density at radius 2 is 1.78 bits per heavy atom. The van der Waals surface area contributed by atoms with Crippen LogP contribution in [0.15, 0.2) is 30.3 Å². The average molecular weight is 246 g/mol. The quantitative estimate of drug-likeness (QED) is 0.844. The van der Waals surface area contributed by atoms with E-state index in [0.717, 1.165) is 12.8 Å². The Labute approximate surface area is 111 Å². The van der Waals surface area contributed by atoms with Gasteiger partial charge in [0.25, 0.3) is 0 Å². The lowest BCUT2D eigenvalue weighted by Gasteiger charge is -2.36. The van der Waals surface area contributed by atoms with Gasteiger partial charge in [0, 0.05) is 0 Å². The van der Waals surface area contributed by atoms with E-state index in [1.807, 2.05) is 6.07 Å². The monoisotopic (exact) mass is 246 g/mol. The van der Waals surface area contributed by atoms with E-state index >= 15 is 0 Å². The van der Waals surface area contributed by atoms with E-state index in [1.165, 1.54) is 31.2 Å². The Morgan fingerprint density at radius 3 is 2.39 bits per heavy atom. The lowest BCUT2D eigenvalue weighted by molar-refractivity contribution is 0.0518. The first-order valence-electron chi connectivity index (χ1n) is 7.29. The van der Waals surface area contributed by atoms with Crippen LogP contribution in [0.3, 0.4) is 0 Å². The molecule has 0 aromatic heterocycles. The average Bonchev–Trinajstić information content (AvgIpc) is 2.37. The molecule has 0 radical (unpaired) electrons. The zero-order chi connectivity index (χ0) is 13.0. The normalized spacial score (nSPS) is 21.7. The van der Waals surface area contributed by atoms with Crippen molar-refractivity contribution < 1.29 is 5.11 Å². The van der Waals surface area contributed by atoms with Crippen molar-refractivity contribution >= 4 is 0 Å². The lowest BCUT2D eigenvalue weighted by Crippen LogP contribution is -2.29. The summed E-state index contributed by atoms with van der Waals surface area (Å²) in [6.07, 6.45) is 6.73. The summed E-state index contributed by atoms with van der Waals surface area (Å²) in [5, 5.41) is 10.3. The van der Waals surface area contributed by atoms with Gasteiger partial charge in [-0.1, -0.05) is 44.2 Å². The van der Waals surface area contributed by atoms with Gasteiger partial charge in [0.1, 0.15) is 0 Å². The number of hydrogen-bond acceptors (Lipinski definition) is 1. The van der Waals surface area contributed by atoms with Crippen LogP contribution in [0.2, 0.25) is 0 Å². The predicted octanol–water partition coefficient (Wildman–Crippen LogP) is 4.20. The van der Waals surface area contributed by atoms with Crippen LogP contribution in [0.4, 0.5) is 0 Å². The second-order valence-corrected chi connectivity index (χ2v) is 6.59. The van der Waals surface area contributed by atoms with Crippen molar-refractivity contribution in [3.8, 4) is 0 Å². The molecule has 0 saturated heterocycles. The lowest BCUT2D eigenvalue weighted by atomic mass is 9.71. The second-order valence-electron chi connectivity index (χ2n) is 6.59. The van der Waals surface area contributed by atoms with Crippen molar-refractivity contribution in [2.24, 2.45) is 11.3 Å². The Kier molecular flexibility index (Phi) is 4.45. The number of benzene rings is 1. The van der Waals surface area contributed by atoms with Gasteiger partial charge < -0.3 is 5.11 Å². The fourth-order valence-electron chi connectivity index (χ4n) is 3.00. The standard InChI is InChI=1S/C17H26O/c1-17(2)12-10-15(11-13-17)16(18)9-8-14-6-4-3-5-7-14/h3-7,15-16,18H,8-13H2,1-2H3. The van der Waals surface area contributed by atoms with E-state index < -0.39 is 0 Å². The van der Waals surface area contributed by atoms with Crippen LogP contribution in [-0.2, 0) is 6.42 Å². The summed E-state index contributed by atoms with van der Waals surface area (Å²) in [5.74, 6) is 0.529. The van der Waals surface area contributed by atoms with Crippen LogP contribution in [-0.4, -0.2) is 11.2 Å². The fourth-order valence-corrected chi connectivity index (χ4v) is 3.00. The maximum atomic E-state index is 10.3. The molecule has 100 valence electrons. The minimum absolute atomic E-state index is 0.110. The molecule has 0 spiro atoms. The Balaban J connectivity index is 1.77. The van der Waals surface area contributed by atoms with E-state index in [-0.39, 0.29) is 6.10 Å². The second kappa shape index (κ2) is 5.88. The molecule has 0 bridgehead atoms. The van der Waals surface area contributed by atoms with Crippen molar-refractivity contribution in [1.82, 2.24) is 0 Å². The highest BCUT2D eigenvalue weighted by Gasteiger charge is 2.30. The zero-order valence-electron chi connectivity index (χ0n) is 11.7. The molecule has 0 amide bonds. The molecular formula is C17H26O. The van der Waals surface area contributed by atoms with Gasteiger partial charge in [0.2, 0.25) is 0 Å². The van der Waals surface area contributed by atoms with Crippen molar-refractivity contribution in [3.05, 3.63) is 35.9 Å². The summed E-state index contributed by atoms with van der Waals surface area (Å²) in [5.41, 5.74) is 1.84. The molecule has 1 fully saturated rings. The first-order valence-corrected chi connectivity index (χ1v) is 7.29. The minimum Gasteiger partial charge on any atom is -0.393 e. The van der Waals surface area contributed by atoms with Crippen molar-refractivity contribution in [3.63, 3.8) is 0 Å². The van der Waals surface area contributed by atoms with Crippen LogP contribution < -0.4 is 0 Å². The molecule has 1 N–H and O–H groups in total. The maximum Gasteiger partial charge on any atom is 0.0571 e. The predicted molar refractivity (Wildman–Crippen MR) is 76.5 cm³/mol. The van der Waals surface area contributed by atoms with Gasteiger partial charge in [-0.05, 0) is 55.4 Å². The zero-order valence-corrected chi connectivity index (χ0v) is 11.7. The van der Waals surface area contributed by atoms with Gasteiger partial charge >= 0.3 is 0 Å². The fraction of sp³-hybridized carbons (Fsp3) is 0.647. The van der Waals surface area contributed by atoms with Gasteiger partial charge in [-0.15, -0.1) is 0 Å². The van der Waals surface area contributed by atoms with Gasteiger partial charge in [0.15, 0.2) is 0 Å². The van der Waals surface area contributed by atoms with E-state index in [1.54, 1.807) is 0 Å². The number of aryl methyl sites for hydroxylation is 1. The third kappa shape index (κ3) is 3.84. The summed E-state index contributed by atoms with van der Waals surface area (Å²) < 4.78 is 0. The Bertz CT molecular complexity index is 345. The highest BCUT2D eigenvalue weighted by atomic mass is 16.3. The summed E-state index contributed by atoms with van der Waals surface area (Å²) in [4.78, 5) is 0. The smallest absolute Gasteiger partial charge is 0.0571 e. The van der Waals surface area contributed by atoms with Crippen molar-refractivity contribution in [2.45, 2.75) is 58.5 Å². The number of hydrogen-bond donors (Lipinski definition) is 1. The molecule has 0 heterocycles. The Morgan fingerprint density at radius 1 is 1.17 bits per heavy atom. The first kappa shape index (κ1) is 13.6. The first-order chi connectivity index (χ1) is 8.57. The molecule has 1 aromatic rings. The van der Waals surface area contributed by atoms with Gasteiger partial charge in [-0.25, -0.2) is 0 Å². The molecule has 1 aliphatic carbocycles. The molecule has 1 aromatic carbocycles.